The lowest BCUT2D eigenvalue weighted by Crippen LogP contribution is -2.20. The first-order valence-electron chi connectivity index (χ1n) is 9.65. The van der Waals surface area contributed by atoms with Crippen molar-refractivity contribution in [3.05, 3.63) is 84.4 Å². The number of hydrogen-bond acceptors (Lipinski definition) is 7. The molecule has 0 saturated carbocycles. The smallest absolute Gasteiger partial charge is 0.250 e. The number of aromatic nitrogens is 3. The van der Waals surface area contributed by atoms with Gasteiger partial charge in [-0.15, -0.1) is 10.2 Å². The van der Waals surface area contributed by atoms with Crippen LogP contribution in [0.5, 0.6) is 11.5 Å². The third-order valence-electron chi connectivity index (χ3n) is 4.41. The van der Waals surface area contributed by atoms with Gasteiger partial charge in [-0.1, -0.05) is 60.3 Å². The van der Waals surface area contributed by atoms with Crippen LogP contribution in [0, 0.1) is 0 Å². The SMILES string of the molecule is O=C(CSc1nnc(-c2ccccc2)n1-c1ccccc1)N/N=C\c1ccc(O)c(O)c1. The number of nitrogens with zero attached hydrogens (tertiary/aromatic N) is 4. The van der Waals surface area contributed by atoms with Gasteiger partial charge in [0.15, 0.2) is 22.5 Å². The van der Waals surface area contributed by atoms with Crippen LogP contribution in [0.2, 0.25) is 0 Å². The first kappa shape index (κ1) is 21.1. The van der Waals surface area contributed by atoms with Gasteiger partial charge in [0.05, 0.1) is 12.0 Å². The molecule has 1 heterocycles. The zero-order valence-corrected chi connectivity index (χ0v) is 17.6. The summed E-state index contributed by atoms with van der Waals surface area (Å²) in [6.07, 6.45) is 1.38. The number of para-hydroxylation sites is 1. The number of carbonyl (C=O) groups excluding carboxylic acids is 1. The molecule has 1 aromatic heterocycles. The molecule has 0 aliphatic carbocycles. The Hall–Kier alpha value is -4.11. The molecule has 0 spiro atoms. The molecule has 0 atom stereocenters. The number of rotatable bonds is 7. The molecule has 4 aromatic rings. The summed E-state index contributed by atoms with van der Waals surface area (Å²) in [7, 11) is 0. The number of hydrazone groups is 1. The van der Waals surface area contributed by atoms with Crippen molar-refractivity contribution in [2.75, 3.05) is 5.75 Å². The third kappa shape index (κ3) is 4.96. The minimum Gasteiger partial charge on any atom is -0.504 e. The molecule has 0 fully saturated rings. The average Bonchev–Trinajstić information content (AvgIpc) is 3.25. The normalized spacial score (nSPS) is 11.0. The topological polar surface area (TPSA) is 113 Å². The Labute approximate surface area is 188 Å². The molecule has 0 aliphatic rings. The predicted molar refractivity (Wildman–Crippen MR) is 123 cm³/mol. The molecule has 0 unspecified atom stereocenters. The molecule has 8 nitrogen and oxygen atoms in total. The van der Waals surface area contributed by atoms with E-state index >= 15 is 0 Å². The van der Waals surface area contributed by atoms with E-state index in [9.17, 15) is 15.0 Å². The molecule has 160 valence electrons. The van der Waals surface area contributed by atoms with Crippen molar-refractivity contribution in [1.82, 2.24) is 20.2 Å². The summed E-state index contributed by atoms with van der Waals surface area (Å²) < 4.78 is 1.91. The van der Waals surface area contributed by atoms with E-state index < -0.39 is 0 Å². The van der Waals surface area contributed by atoms with Crippen LogP contribution < -0.4 is 5.43 Å². The second-order valence-corrected chi connectivity index (χ2v) is 7.62. The monoisotopic (exact) mass is 445 g/mol. The summed E-state index contributed by atoms with van der Waals surface area (Å²) in [5, 5.41) is 31.9. The van der Waals surface area contributed by atoms with E-state index in [1.807, 2.05) is 65.2 Å². The van der Waals surface area contributed by atoms with Crippen molar-refractivity contribution >= 4 is 23.9 Å². The lowest BCUT2D eigenvalue weighted by atomic mass is 10.2. The van der Waals surface area contributed by atoms with E-state index in [4.69, 9.17) is 0 Å². The van der Waals surface area contributed by atoms with Gasteiger partial charge in [-0.3, -0.25) is 9.36 Å². The van der Waals surface area contributed by atoms with Gasteiger partial charge < -0.3 is 10.2 Å². The van der Waals surface area contributed by atoms with E-state index in [2.05, 4.69) is 20.7 Å². The maximum absolute atomic E-state index is 12.3. The third-order valence-corrected chi connectivity index (χ3v) is 5.34. The number of nitrogens with one attached hydrogen (secondary N) is 1. The number of hydrogen-bond donors (Lipinski definition) is 3. The van der Waals surface area contributed by atoms with Gasteiger partial charge in [0.25, 0.3) is 5.91 Å². The molecule has 3 aromatic carbocycles. The lowest BCUT2D eigenvalue weighted by Gasteiger charge is -2.10. The molecule has 3 N–H and O–H groups in total. The molecule has 0 radical (unpaired) electrons. The Bertz CT molecular complexity index is 1240. The summed E-state index contributed by atoms with van der Waals surface area (Å²) in [5.74, 6) is -0.0361. The van der Waals surface area contributed by atoms with E-state index in [0.29, 0.717) is 16.5 Å². The van der Waals surface area contributed by atoms with Crippen LogP contribution >= 0.6 is 11.8 Å². The van der Waals surface area contributed by atoms with Gasteiger partial charge in [-0.05, 0) is 35.9 Å². The van der Waals surface area contributed by atoms with Gasteiger partial charge in [-0.2, -0.15) is 5.10 Å². The van der Waals surface area contributed by atoms with E-state index in [1.54, 1.807) is 6.07 Å². The van der Waals surface area contributed by atoms with Gasteiger partial charge in [-0.25, -0.2) is 5.43 Å². The average molecular weight is 446 g/mol. The van der Waals surface area contributed by atoms with E-state index in [1.165, 1.54) is 30.1 Å². The number of thioether (sulfide) groups is 1. The summed E-state index contributed by atoms with van der Waals surface area (Å²) >= 11 is 1.25. The summed E-state index contributed by atoms with van der Waals surface area (Å²) in [6, 6.07) is 23.7. The molecule has 0 aliphatic heterocycles. The van der Waals surface area contributed by atoms with Crippen LogP contribution in [0.15, 0.2) is 89.1 Å². The minimum absolute atomic E-state index is 0.0813. The molecule has 4 rings (SSSR count). The highest BCUT2D eigenvalue weighted by Crippen LogP contribution is 2.28. The van der Waals surface area contributed by atoms with Gasteiger partial charge in [0.2, 0.25) is 0 Å². The van der Waals surface area contributed by atoms with Crippen LogP contribution in [-0.2, 0) is 4.79 Å². The fourth-order valence-corrected chi connectivity index (χ4v) is 3.65. The first-order chi connectivity index (χ1) is 15.6. The number of phenols is 2. The number of phenolic OH excluding ortho intramolecular Hbond substituents is 2. The fraction of sp³-hybridized carbons (Fsp3) is 0.0435. The maximum atomic E-state index is 12.3. The highest BCUT2D eigenvalue weighted by molar-refractivity contribution is 7.99. The number of aromatic hydroxyl groups is 2. The Balaban J connectivity index is 1.47. The van der Waals surface area contributed by atoms with Gasteiger partial charge in [0.1, 0.15) is 0 Å². The largest absolute Gasteiger partial charge is 0.504 e. The Kier molecular flexibility index (Phi) is 6.47. The van der Waals surface area contributed by atoms with E-state index in [0.717, 1.165) is 11.3 Å². The van der Waals surface area contributed by atoms with E-state index in [-0.39, 0.29) is 23.2 Å². The number of benzene rings is 3. The maximum Gasteiger partial charge on any atom is 0.250 e. The molecule has 0 bridgehead atoms. The molecule has 9 heteroatoms. The quantitative estimate of drug-likeness (QED) is 0.173. The second kappa shape index (κ2) is 9.80. The molecular weight excluding hydrogens is 426 g/mol. The van der Waals surface area contributed by atoms with Gasteiger partial charge in [0, 0.05) is 11.3 Å². The van der Waals surface area contributed by atoms with Crippen LogP contribution in [0.1, 0.15) is 5.56 Å². The van der Waals surface area contributed by atoms with Crippen molar-refractivity contribution in [3.8, 4) is 28.6 Å². The summed E-state index contributed by atoms with van der Waals surface area (Å²) in [4.78, 5) is 12.3. The molecular formula is C23H19N5O3S. The van der Waals surface area contributed by atoms with Crippen LogP contribution in [0.25, 0.3) is 17.1 Å². The molecule has 0 saturated heterocycles. The Morgan fingerprint density at radius 1 is 0.969 bits per heavy atom. The second-order valence-electron chi connectivity index (χ2n) is 6.67. The lowest BCUT2D eigenvalue weighted by molar-refractivity contribution is -0.118. The Morgan fingerprint density at radius 2 is 1.69 bits per heavy atom. The summed E-state index contributed by atoms with van der Waals surface area (Å²) in [5.41, 5.74) is 4.78. The van der Waals surface area contributed by atoms with Crippen molar-refractivity contribution in [3.63, 3.8) is 0 Å². The molecule has 32 heavy (non-hydrogen) atoms. The van der Waals surface area contributed by atoms with Crippen molar-refractivity contribution < 1.29 is 15.0 Å². The first-order valence-corrected chi connectivity index (χ1v) is 10.6. The highest BCUT2D eigenvalue weighted by Gasteiger charge is 2.17. The van der Waals surface area contributed by atoms with Crippen LogP contribution in [0.3, 0.4) is 0 Å². The zero-order valence-electron chi connectivity index (χ0n) is 16.8. The minimum atomic E-state index is -0.321. The van der Waals surface area contributed by atoms with Crippen molar-refractivity contribution in [2.45, 2.75) is 5.16 Å². The number of carbonyl (C=O) groups is 1. The molecule has 1 amide bonds. The highest BCUT2D eigenvalue weighted by atomic mass is 32.2. The van der Waals surface area contributed by atoms with Crippen LogP contribution in [-0.4, -0.2) is 42.9 Å². The zero-order chi connectivity index (χ0) is 22.3. The van der Waals surface area contributed by atoms with Crippen molar-refractivity contribution in [1.29, 1.82) is 0 Å². The predicted octanol–water partition coefficient (Wildman–Crippen LogP) is 3.59. The van der Waals surface area contributed by atoms with Gasteiger partial charge >= 0.3 is 0 Å². The summed E-state index contributed by atoms with van der Waals surface area (Å²) in [6.45, 7) is 0. The van der Waals surface area contributed by atoms with Crippen LogP contribution in [0.4, 0.5) is 0 Å². The number of amides is 1. The standard InChI is InChI=1S/C23H19N5O3S/c29-19-12-11-16(13-20(19)30)14-24-25-21(31)15-32-23-27-26-22(17-7-3-1-4-8-17)28(23)18-9-5-2-6-10-18/h1-14,29-30H,15H2,(H,25,31)/b24-14-. The fourth-order valence-electron chi connectivity index (χ4n) is 2.91. The van der Waals surface area contributed by atoms with Crippen molar-refractivity contribution in [2.24, 2.45) is 5.10 Å². The Morgan fingerprint density at radius 3 is 2.41 bits per heavy atom.